The van der Waals surface area contributed by atoms with Gasteiger partial charge in [-0.1, -0.05) is 13.8 Å². The molecule has 1 saturated heterocycles. The monoisotopic (exact) mass is 451 g/mol. The number of nitrogens with one attached hydrogen (secondary N) is 1. The molecule has 5 atom stereocenters. The van der Waals surface area contributed by atoms with E-state index in [0.717, 1.165) is 29.5 Å². The molecule has 3 unspecified atom stereocenters. The molecule has 1 heterocycles. The van der Waals surface area contributed by atoms with Crippen LogP contribution in [0.4, 0.5) is 0 Å². The Morgan fingerprint density at radius 2 is 1.97 bits per heavy atom. The summed E-state index contributed by atoms with van der Waals surface area (Å²) in [5.74, 6) is 0.0806. The molecule has 1 fully saturated rings. The van der Waals surface area contributed by atoms with Gasteiger partial charge in [-0.05, 0) is 68.4 Å². The zero-order valence-corrected chi connectivity index (χ0v) is 20.6. The normalized spacial score (nSPS) is 24.7. The number of hydrogen-bond acceptors (Lipinski definition) is 6. The van der Waals surface area contributed by atoms with E-state index in [1.54, 1.807) is 6.07 Å². The van der Waals surface area contributed by atoms with Crippen molar-refractivity contribution in [2.45, 2.75) is 104 Å². The number of aryl methyl sites for hydroxylation is 1. The minimum atomic E-state index is -0.655. The number of rotatable bonds is 9. The largest absolute Gasteiger partial charge is 0.508 e. The Bertz CT molecular complexity index is 767. The summed E-state index contributed by atoms with van der Waals surface area (Å²) in [6, 6.07) is 1.79. The Morgan fingerprint density at radius 3 is 2.56 bits per heavy atom. The van der Waals surface area contributed by atoms with Crippen molar-refractivity contribution in [1.82, 2.24) is 5.32 Å². The van der Waals surface area contributed by atoms with E-state index in [0.29, 0.717) is 25.0 Å². The maximum Gasteiger partial charge on any atom is 0.218 e. The third kappa shape index (κ3) is 6.22. The van der Waals surface area contributed by atoms with Gasteiger partial charge in [0.05, 0.1) is 18.3 Å². The molecule has 4 N–H and O–H groups in total. The fourth-order valence-corrected chi connectivity index (χ4v) is 4.59. The molecule has 1 aromatic rings. The molecular weight excluding hydrogens is 410 g/mol. The van der Waals surface area contributed by atoms with Crippen LogP contribution < -0.4 is 5.32 Å². The molecule has 0 aliphatic carbocycles. The van der Waals surface area contributed by atoms with Crippen LogP contribution in [-0.2, 0) is 20.7 Å². The highest BCUT2D eigenvalue weighted by Crippen LogP contribution is 2.40. The van der Waals surface area contributed by atoms with Crippen LogP contribution in [0.5, 0.6) is 5.75 Å². The smallest absolute Gasteiger partial charge is 0.218 e. The molecule has 1 aliphatic rings. The third-order valence-corrected chi connectivity index (χ3v) is 7.10. The van der Waals surface area contributed by atoms with Gasteiger partial charge in [-0.3, -0.25) is 4.79 Å². The van der Waals surface area contributed by atoms with Gasteiger partial charge in [-0.25, -0.2) is 0 Å². The number of phenolic OH excluding ortho intramolecular Hbond substituents is 1. The van der Waals surface area contributed by atoms with E-state index < -0.39 is 30.0 Å². The number of aliphatic hydroxyl groups excluding tert-OH is 2. The Labute approximate surface area is 192 Å². The van der Waals surface area contributed by atoms with Gasteiger partial charge in [0.15, 0.2) is 6.23 Å². The number of aromatic hydroxyl groups is 1. The van der Waals surface area contributed by atoms with Gasteiger partial charge < -0.3 is 30.1 Å². The summed E-state index contributed by atoms with van der Waals surface area (Å²) in [5, 5.41) is 34.4. The summed E-state index contributed by atoms with van der Waals surface area (Å²) in [6.45, 7) is 11.3. The van der Waals surface area contributed by atoms with E-state index in [-0.39, 0.29) is 12.0 Å². The summed E-state index contributed by atoms with van der Waals surface area (Å²) in [6.07, 6.45) is 0.0876. The molecule has 0 saturated carbocycles. The number of aliphatic hydroxyl groups is 2. The van der Waals surface area contributed by atoms with Gasteiger partial charge >= 0.3 is 0 Å². The first-order chi connectivity index (χ1) is 14.9. The highest BCUT2D eigenvalue weighted by molar-refractivity contribution is 5.73. The lowest BCUT2D eigenvalue weighted by Crippen LogP contribution is -2.57. The minimum Gasteiger partial charge on any atom is -0.508 e. The van der Waals surface area contributed by atoms with Gasteiger partial charge in [-0.2, -0.15) is 0 Å². The van der Waals surface area contributed by atoms with Gasteiger partial charge in [0.1, 0.15) is 11.9 Å². The molecule has 7 heteroatoms. The van der Waals surface area contributed by atoms with E-state index in [1.807, 2.05) is 27.7 Å². The predicted molar refractivity (Wildman–Crippen MR) is 124 cm³/mol. The van der Waals surface area contributed by atoms with Crippen LogP contribution in [0.15, 0.2) is 6.07 Å². The van der Waals surface area contributed by atoms with Crippen LogP contribution in [0.3, 0.4) is 0 Å². The number of phenols is 1. The fraction of sp³-hybridized carbons (Fsp3) is 0.720. The molecule has 0 radical (unpaired) electrons. The number of ether oxygens (including phenoxy) is 2. The van der Waals surface area contributed by atoms with Crippen LogP contribution in [0, 0.1) is 26.2 Å². The zero-order valence-electron chi connectivity index (χ0n) is 20.6. The standard InChI is InChI=1S/C25H41NO6/c1-14-11-20(29)16(3)19(15(14)2)10-8-9-18(28)12-23-25(5,6)22(30)13-21(32-23)24(31-7)26-17(4)27/h11,18,21-24,28-30H,8-10,12-13H2,1-7H3,(H,26,27)/t18-,21+,22?,23?,24?/m1/s1. The molecule has 32 heavy (non-hydrogen) atoms. The van der Waals surface area contributed by atoms with Crippen LogP contribution in [0.1, 0.15) is 68.7 Å². The maximum atomic E-state index is 11.5. The molecule has 0 bridgehead atoms. The van der Waals surface area contributed by atoms with Gasteiger partial charge in [-0.15, -0.1) is 0 Å². The van der Waals surface area contributed by atoms with Crippen molar-refractivity contribution < 1.29 is 29.6 Å². The number of amides is 1. The number of methoxy groups -OCH3 is 1. The second kappa shape index (κ2) is 11.0. The van der Waals surface area contributed by atoms with Crippen molar-refractivity contribution in [3.05, 3.63) is 28.3 Å². The summed E-state index contributed by atoms with van der Waals surface area (Å²) >= 11 is 0. The van der Waals surface area contributed by atoms with E-state index >= 15 is 0 Å². The summed E-state index contributed by atoms with van der Waals surface area (Å²) in [4.78, 5) is 11.5. The highest BCUT2D eigenvalue weighted by Gasteiger charge is 2.46. The molecule has 0 aromatic heterocycles. The summed E-state index contributed by atoms with van der Waals surface area (Å²) in [5.41, 5.74) is 3.74. The number of hydrogen-bond donors (Lipinski definition) is 4. The SMILES string of the molecule is COC(NC(C)=O)[C@@H]1CC(O)C(C)(C)C(C[C@H](O)CCCc2c(C)c(C)cc(O)c2C)O1. The molecule has 7 nitrogen and oxygen atoms in total. The first kappa shape index (κ1) is 26.6. The Morgan fingerprint density at radius 1 is 1.31 bits per heavy atom. The minimum absolute atomic E-state index is 0.232. The van der Waals surface area contributed by atoms with Crippen molar-refractivity contribution >= 4 is 5.91 Å². The summed E-state index contributed by atoms with van der Waals surface area (Å²) in [7, 11) is 1.49. The Hall–Kier alpha value is -1.67. The molecule has 1 aliphatic heterocycles. The van der Waals surface area contributed by atoms with Crippen LogP contribution in [0.2, 0.25) is 0 Å². The molecule has 0 spiro atoms. The van der Waals surface area contributed by atoms with Crippen molar-refractivity contribution in [3.63, 3.8) is 0 Å². The Kier molecular flexibility index (Phi) is 9.11. The Balaban J connectivity index is 2.01. The zero-order chi connectivity index (χ0) is 24.2. The van der Waals surface area contributed by atoms with E-state index in [1.165, 1.54) is 19.6 Å². The molecule has 1 aromatic carbocycles. The third-order valence-electron chi connectivity index (χ3n) is 7.10. The molecule has 182 valence electrons. The average Bonchev–Trinajstić information content (AvgIpc) is 2.70. The first-order valence-corrected chi connectivity index (χ1v) is 11.5. The lowest BCUT2D eigenvalue weighted by molar-refractivity contribution is -0.214. The van der Waals surface area contributed by atoms with E-state index in [4.69, 9.17) is 9.47 Å². The van der Waals surface area contributed by atoms with Crippen molar-refractivity contribution in [3.8, 4) is 5.75 Å². The summed E-state index contributed by atoms with van der Waals surface area (Å²) < 4.78 is 11.6. The number of carbonyl (C=O) groups is 1. The van der Waals surface area contributed by atoms with Crippen molar-refractivity contribution in [1.29, 1.82) is 0 Å². The second-order valence-corrected chi connectivity index (χ2v) is 9.82. The van der Waals surface area contributed by atoms with Crippen molar-refractivity contribution in [2.75, 3.05) is 7.11 Å². The van der Waals surface area contributed by atoms with Gasteiger partial charge in [0.25, 0.3) is 0 Å². The quantitative estimate of drug-likeness (QED) is 0.430. The lowest BCUT2D eigenvalue weighted by Gasteiger charge is -2.47. The van der Waals surface area contributed by atoms with Crippen LogP contribution in [0.25, 0.3) is 0 Å². The maximum absolute atomic E-state index is 11.5. The second-order valence-electron chi connectivity index (χ2n) is 9.82. The molecule has 2 rings (SSSR count). The molecule has 1 amide bonds. The van der Waals surface area contributed by atoms with E-state index in [9.17, 15) is 20.1 Å². The molecular formula is C25H41NO6. The van der Waals surface area contributed by atoms with Crippen LogP contribution >= 0.6 is 0 Å². The first-order valence-electron chi connectivity index (χ1n) is 11.5. The van der Waals surface area contributed by atoms with Gasteiger partial charge in [0.2, 0.25) is 5.91 Å². The van der Waals surface area contributed by atoms with Gasteiger partial charge in [0, 0.05) is 32.3 Å². The average molecular weight is 452 g/mol. The van der Waals surface area contributed by atoms with Crippen molar-refractivity contribution in [2.24, 2.45) is 5.41 Å². The van der Waals surface area contributed by atoms with E-state index in [2.05, 4.69) is 12.2 Å². The predicted octanol–water partition coefficient (Wildman–Crippen LogP) is 3.04. The number of carbonyl (C=O) groups excluding carboxylic acids is 1. The topological polar surface area (TPSA) is 108 Å². The number of benzene rings is 1. The lowest BCUT2D eigenvalue weighted by atomic mass is 9.74. The van der Waals surface area contributed by atoms with Crippen LogP contribution in [-0.4, -0.2) is 59.0 Å². The highest BCUT2D eigenvalue weighted by atomic mass is 16.6. The fourth-order valence-electron chi connectivity index (χ4n) is 4.59.